The molecule has 6 nitrogen and oxygen atoms in total. The fourth-order valence-corrected chi connectivity index (χ4v) is 3.51. The van der Waals surface area contributed by atoms with E-state index >= 15 is 0 Å². The van der Waals surface area contributed by atoms with Crippen LogP contribution in [0.25, 0.3) is 10.9 Å². The van der Waals surface area contributed by atoms with E-state index in [4.69, 9.17) is 4.42 Å². The summed E-state index contributed by atoms with van der Waals surface area (Å²) in [7, 11) is 0. The largest absolute Gasteiger partial charge is 0.467 e. The summed E-state index contributed by atoms with van der Waals surface area (Å²) in [6.45, 7) is 4.35. The van der Waals surface area contributed by atoms with E-state index in [0.29, 0.717) is 28.4 Å². The number of para-hydroxylation sites is 1. The number of rotatable bonds is 7. The number of aromatic nitrogens is 2. The zero-order chi connectivity index (χ0) is 18.5. The Morgan fingerprint density at radius 1 is 1.31 bits per heavy atom. The molecule has 3 rings (SSSR count). The second kappa shape index (κ2) is 8.23. The zero-order valence-corrected chi connectivity index (χ0v) is 15.6. The first-order valence-corrected chi connectivity index (χ1v) is 9.52. The number of fused-ring (bicyclic) bond motifs is 1. The first kappa shape index (κ1) is 18.3. The highest BCUT2D eigenvalue weighted by Crippen LogP contribution is 2.22. The predicted octanol–water partition coefficient (Wildman–Crippen LogP) is 3.37. The fraction of sp³-hybridized carbons (Fsp3) is 0.316. The number of carbonyl (C=O) groups excluding carboxylic acids is 1. The second-order valence-electron chi connectivity index (χ2n) is 5.99. The van der Waals surface area contributed by atoms with Crippen molar-refractivity contribution in [3.63, 3.8) is 0 Å². The summed E-state index contributed by atoms with van der Waals surface area (Å²) in [6, 6.07) is 10.9. The second-order valence-corrected chi connectivity index (χ2v) is 6.93. The summed E-state index contributed by atoms with van der Waals surface area (Å²) >= 11 is 1.27. The third-order valence-corrected chi connectivity index (χ3v) is 5.13. The van der Waals surface area contributed by atoms with Gasteiger partial charge in [-0.2, -0.15) is 0 Å². The normalized spacial score (nSPS) is 12.2. The molecule has 0 spiro atoms. The van der Waals surface area contributed by atoms with Crippen molar-refractivity contribution in [2.75, 3.05) is 5.75 Å². The molecule has 136 valence electrons. The van der Waals surface area contributed by atoms with E-state index in [9.17, 15) is 9.59 Å². The van der Waals surface area contributed by atoms with E-state index in [1.807, 2.05) is 32.0 Å². The van der Waals surface area contributed by atoms with Crippen LogP contribution in [0.15, 0.2) is 57.0 Å². The molecule has 26 heavy (non-hydrogen) atoms. The van der Waals surface area contributed by atoms with Gasteiger partial charge in [-0.3, -0.25) is 14.2 Å². The summed E-state index contributed by atoms with van der Waals surface area (Å²) in [5, 5.41) is 3.96. The average molecular weight is 371 g/mol. The molecule has 0 fully saturated rings. The van der Waals surface area contributed by atoms with E-state index in [0.717, 1.165) is 6.42 Å². The molecule has 1 N–H and O–H groups in total. The highest BCUT2D eigenvalue weighted by molar-refractivity contribution is 7.99. The van der Waals surface area contributed by atoms with Crippen LogP contribution in [0.5, 0.6) is 0 Å². The van der Waals surface area contributed by atoms with Crippen LogP contribution in [0.3, 0.4) is 0 Å². The van der Waals surface area contributed by atoms with E-state index < -0.39 is 0 Å². The highest BCUT2D eigenvalue weighted by Gasteiger charge is 2.16. The first-order chi connectivity index (χ1) is 12.6. The summed E-state index contributed by atoms with van der Waals surface area (Å²) < 4.78 is 6.88. The SMILES string of the molecule is CC[C@H](C)n1c(SCC(=O)NCc2ccco2)nc2ccccc2c1=O. The Kier molecular flexibility index (Phi) is 5.78. The van der Waals surface area contributed by atoms with Crippen molar-refractivity contribution in [3.8, 4) is 0 Å². The highest BCUT2D eigenvalue weighted by atomic mass is 32.2. The number of benzene rings is 1. The van der Waals surface area contributed by atoms with Gasteiger partial charge >= 0.3 is 0 Å². The van der Waals surface area contributed by atoms with Crippen molar-refractivity contribution < 1.29 is 9.21 Å². The molecule has 3 aromatic rings. The van der Waals surface area contributed by atoms with Gasteiger partial charge in [0.15, 0.2) is 5.16 Å². The van der Waals surface area contributed by atoms with Crippen LogP contribution in [0, 0.1) is 0 Å². The van der Waals surface area contributed by atoms with Crippen molar-refractivity contribution in [2.45, 2.75) is 38.0 Å². The van der Waals surface area contributed by atoms with Gasteiger partial charge in [-0.25, -0.2) is 4.98 Å². The van der Waals surface area contributed by atoms with Gasteiger partial charge in [0.25, 0.3) is 5.56 Å². The lowest BCUT2D eigenvalue weighted by molar-refractivity contribution is -0.118. The van der Waals surface area contributed by atoms with Gasteiger partial charge in [0.2, 0.25) is 5.91 Å². The van der Waals surface area contributed by atoms with Gasteiger partial charge in [-0.15, -0.1) is 0 Å². The lowest BCUT2D eigenvalue weighted by Gasteiger charge is -2.18. The molecule has 0 aliphatic carbocycles. The van der Waals surface area contributed by atoms with Crippen molar-refractivity contribution in [3.05, 3.63) is 58.8 Å². The number of hydrogen-bond donors (Lipinski definition) is 1. The minimum Gasteiger partial charge on any atom is -0.467 e. The number of thioether (sulfide) groups is 1. The Morgan fingerprint density at radius 3 is 2.85 bits per heavy atom. The maximum absolute atomic E-state index is 12.9. The Morgan fingerprint density at radius 2 is 2.12 bits per heavy atom. The van der Waals surface area contributed by atoms with Crippen molar-refractivity contribution >= 4 is 28.6 Å². The summed E-state index contributed by atoms with van der Waals surface area (Å²) in [6.07, 6.45) is 2.37. The van der Waals surface area contributed by atoms with Crippen molar-refractivity contribution in [2.24, 2.45) is 0 Å². The topological polar surface area (TPSA) is 77.1 Å². The van der Waals surface area contributed by atoms with Crippen LogP contribution in [-0.2, 0) is 11.3 Å². The minimum atomic E-state index is -0.135. The number of nitrogens with one attached hydrogen (secondary N) is 1. The van der Waals surface area contributed by atoms with Crippen LogP contribution in [-0.4, -0.2) is 21.2 Å². The third kappa shape index (κ3) is 3.99. The molecule has 7 heteroatoms. The van der Waals surface area contributed by atoms with Crippen molar-refractivity contribution in [1.82, 2.24) is 14.9 Å². The molecular weight excluding hydrogens is 350 g/mol. The molecule has 0 radical (unpaired) electrons. The van der Waals surface area contributed by atoms with Crippen LogP contribution < -0.4 is 10.9 Å². The van der Waals surface area contributed by atoms with E-state index in [-0.39, 0.29) is 23.3 Å². The number of carbonyl (C=O) groups is 1. The average Bonchev–Trinajstić information content (AvgIpc) is 3.18. The van der Waals surface area contributed by atoms with Crippen LogP contribution in [0.4, 0.5) is 0 Å². The molecule has 0 aliphatic heterocycles. The van der Waals surface area contributed by atoms with Crippen LogP contribution in [0.1, 0.15) is 32.1 Å². The molecular formula is C19H21N3O3S. The van der Waals surface area contributed by atoms with Gasteiger partial charge in [0.05, 0.1) is 29.5 Å². The molecule has 2 aromatic heterocycles. The first-order valence-electron chi connectivity index (χ1n) is 8.53. The molecule has 0 aliphatic rings. The van der Waals surface area contributed by atoms with E-state index in [2.05, 4.69) is 10.3 Å². The fourth-order valence-electron chi connectivity index (χ4n) is 2.58. The standard InChI is InChI=1S/C19H21N3O3S/c1-3-13(2)22-18(24)15-8-4-5-9-16(15)21-19(22)26-12-17(23)20-11-14-7-6-10-25-14/h4-10,13H,3,11-12H2,1-2H3,(H,20,23)/t13-/m0/s1. The lowest BCUT2D eigenvalue weighted by Crippen LogP contribution is -2.28. The molecule has 1 amide bonds. The molecule has 0 saturated heterocycles. The smallest absolute Gasteiger partial charge is 0.262 e. The molecule has 2 heterocycles. The Labute approximate surface area is 155 Å². The maximum atomic E-state index is 12.9. The maximum Gasteiger partial charge on any atom is 0.262 e. The zero-order valence-electron chi connectivity index (χ0n) is 14.8. The summed E-state index contributed by atoms with van der Waals surface area (Å²) in [5.74, 6) is 0.746. The van der Waals surface area contributed by atoms with Crippen LogP contribution >= 0.6 is 11.8 Å². The lowest BCUT2D eigenvalue weighted by atomic mass is 10.2. The van der Waals surface area contributed by atoms with Gasteiger partial charge in [-0.05, 0) is 37.6 Å². The van der Waals surface area contributed by atoms with Crippen molar-refractivity contribution in [1.29, 1.82) is 0 Å². The molecule has 0 saturated carbocycles. The number of hydrogen-bond acceptors (Lipinski definition) is 5. The Balaban J connectivity index is 1.79. The van der Waals surface area contributed by atoms with Gasteiger partial charge in [-0.1, -0.05) is 30.8 Å². The minimum absolute atomic E-state index is 0.00767. The third-order valence-electron chi connectivity index (χ3n) is 4.18. The summed E-state index contributed by atoms with van der Waals surface area (Å²) in [4.78, 5) is 29.6. The van der Waals surface area contributed by atoms with Gasteiger partial charge in [0.1, 0.15) is 5.76 Å². The Bertz CT molecular complexity index is 950. The monoisotopic (exact) mass is 371 g/mol. The molecule has 1 aromatic carbocycles. The number of nitrogens with zero attached hydrogens (tertiary/aromatic N) is 2. The molecule has 0 bridgehead atoms. The summed E-state index contributed by atoms with van der Waals surface area (Å²) in [5.41, 5.74) is 0.582. The predicted molar refractivity (Wildman–Crippen MR) is 102 cm³/mol. The molecule has 1 atom stereocenters. The molecule has 0 unspecified atom stereocenters. The van der Waals surface area contributed by atoms with E-state index in [1.165, 1.54) is 11.8 Å². The Hall–Kier alpha value is -2.54. The van der Waals surface area contributed by atoms with Gasteiger partial charge in [0, 0.05) is 6.04 Å². The van der Waals surface area contributed by atoms with E-state index in [1.54, 1.807) is 29.0 Å². The van der Waals surface area contributed by atoms with Gasteiger partial charge < -0.3 is 9.73 Å². The van der Waals surface area contributed by atoms with Crippen LogP contribution in [0.2, 0.25) is 0 Å². The number of furan rings is 1. The number of amides is 1. The quantitative estimate of drug-likeness (QED) is 0.509.